The van der Waals surface area contributed by atoms with Crippen molar-refractivity contribution in [2.24, 2.45) is 5.92 Å². The third-order valence-corrected chi connectivity index (χ3v) is 4.54. The Bertz CT molecular complexity index is 657. The fourth-order valence-electron chi connectivity index (χ4n) is 2.67. The maximum atomic E-state index is 13.9. The normalized spacial score (nSPS) is 11.9. The second-order valence-corrected chi connectivity index (χ2v) is 6.15. The summed E-state index contributed by atoms with van der Waals surface area (Å²) < 4.78 is 27.8. The van der Waals surface area contributed by atoms with Gasteiger partial charge in [-0.15, -0.1) is 0 Å². The summed E-state index contributed by atoms with van der Waals surface area (Å²) in [5.74, 6) is -3.00. The molecule has 2 aromatic carbocycles. The number of aromatic hydroxyl groups is 2. The number of nitrogen functional groups attached to an aromatic ring is 2. The first-order valence-electron chi connectivity index (χ1n) is 7.16. The molecule has 4 nitrogen and oxygen atoms in total. The minimum Gasteiger partial charge on any atom is -0.503 e. The number of hydrogen-bond donors (Lipinski definition) is 4. The van der Waals surface area contributed by atoms with E-state index in [2.05, 4.69) is 0 Å². The van der Waals surface area contributed by atoms with Gasteiger partial charge in [0.1, 0.15) is 0 Å². The molecule has 2 rings (SSSR count). The first kappa shape index (κ1) is 16.9. The van der Waals surface area contributed by atoms with Gasteiger partial charge < -0.3 is 21.7 Å². The lowest BCUT2D eigenvalue weighted by Crippen LogP contribution is -2.30. The number of hydrogen-bond acceptors (Lipinski definition) is 4. The van der Waals surface area contributed by atoms with Crippen molar-refractivity contribution in [1.29, 1.82) is 0 Å². The van der Waals surface area contributed by atoms with Crippen molar-refractivity contribution in [1.82, 2.24) is 0 Å². The van der Waals surface area contributed by atoms with E-state index in [1.165, 1.54) is 24.3 Å². The van der Waals surface area contributed by atoms with Crippen LogP contribution in [0.1, 0.15) is 31.9 Å². The van der Waals surface area contributed by atoms with Gasteiger partial charge in [-0.25, -0.2) is 8.78 Å². The van der Waals surface area contributed by atoms with E-state index in [1.54, 1.807) is 6.92 Å². The standard InChI is InChI=1S/C17H20F2N2O2/c1-8(2)17(3,9-4-11(18)15(22)13(20)6-9)10-5-12(19)16(23)14(21)7-10/h4-8,22-23H,20-21H2,1-3H3. The van der Waals surface area contributed by atoms with E-state index in [9.17, 15) is 19.0 Å². The van der Waals surface area contributed by atoms with E-state index < -0.39 is 28.5 Å². The van der Waals surface area contributed by atoms with Gasteiger partial charge in [0.05, 0.1) is 11.4 Å². The molecule has 0 bridgehead atoms. The molecule has 23 heavy (non-hydrogen) atoms. The number of phenolic OH excluding ortho intramolecular Hbond substituents is 2. The van der Waals surface area contributed by atoms with Crippen LogP contribution < -0.4 is 11.5 Å². The third kappa shape index (κ3) is 2.65. The first-order chi connectivity index (χ1) is 10.6. The molecule has 0 unspecified atom stereocenters. The highest BCUT2D eigenvalue weighted by molar-refractivity contribution is 5.60. The first-order valence-corrected chi connectivity index (χ1v) is 7.16. The minimum atomic E-state index is -0.848. The number of anilines is 2. The molecule has 6 heteroatoms. The van der Waals surface area contributed by atoms with Gasteiger partial charge in [-0.2, -0.15) is 0 Å². The molecular formula is C17H20F2N2O2. The zero-order valence-electron chi connectivity index (χ0n) is 13.2. The van der Waals surface area contributed by atoms with Crippen LogP contribution in [0.2, 0.25) is 0 Å². The van der Waals surface area contributed by atoms with Crippen molar-refractivity contribution in [3.63, 3.8) is 0 Å². The van der Waals surface area contributed by atoms with Crippen LogP contribution in [0.4, 0.5) is 20.2 Å². The minimum absolute atomic E-state index is 0.0748. The molecule has 0 radical (unpaired) electrons. The lowest BCUT2D eigenvalue weighted by Gasteiger charge is -2.36. The fourth-order valence-corrected chi connectivity index (χ4v) is 2.67. The Balaban J connectivity index is 2.75. The van der Waals surface area contributed by atoms with Crippen LogP contribution in [-0.2, 0) is 5.41 Å². The molecule has 0 amide bonds. The number of nitrogens with two attached hydrogens (primary N) is 2. The fraction of sp³-hybridized carbons (Fsp3) is 0.294. The van der Waals surface area contributed by atoms with Crippen LogP contribution in [0.15, 0.2) is 24.3 Å². The van der Waals surface area contributed by atoms with Crippen LogP contribution in [-0.4, -0.2) is 10.2 Å². The van der Waals surface area contributed by atoms with Gasteiger partial charge in [-0.05, 0) is 41.3 Å². The van der Waals surface area contributed by atoms with E-state index in [-0.39, 0.29) is 17.3 Å². The highest BCUT2D eigenvalue weighted by Crippen LogP contribution is 2.43. The van der Waals surface area contributed by atoms with Gasteiger partial charge in [0.2, 0.25) is 0 Å². The Morgan fingerprint density at radius 2 is 1.22 bits per heavy atom. The highest BCUT2D eigenvalue weighted by Gasteiger charge is 2.35. The van der Waals surface area contributed by atoms with Gasteiger partial charge in [-0.1, -0.05) is 20.8 Å². The molecule has 0 saturated carbocycles. The van der Waals surface area contributed by atoms with Crippen LogP contribution in [0.5, 0.6) is 11.5 Å². The summed E-state index contributed by atoms with van der Waals surface area (Å²) in [6, 6.07) is 5.26. The quantitative estimate of drug-likeness (QED) is 0.514. The molecular weight excluding hydrogens is 302 g/mol. The Kier molecular flexibility index (Phi) is 4.11. The Hall–Kier alpha value is -2.50. The van der Waals surface area contributed by atoms with Gasteiger partial charge in [-0.3, -0.25) is 0 Å². The molecule has 0 aliphatic carbocycles. The molecule has 0 atom stereocenters. The highest BCUT2D eigenvalue weighted by atomic mass is 19.1. The average Bonchev–Trinajstić information content (AvgIpc) is 2.48. The smallest absolute Gasteiger partial charge is 0.174 e. The zero-order chi connectivity index (χ0) is 17.5. The van der Waals surface area contributed by atoms with E-state index in [0.29, 0.717) is 11.1 Å². The van der Waals surface area contributed by atoms with Gasteiger partial charge in [0.25, 0.3) is 0 Å². The Morgan fingerprint density at radius 3 is 1.48 bits per heavy atom. The van der Waals surface area contributed by atoms with E-state index in [4.69, 9.17) is 11.5 Å². The monoisotopic (exact) mass is 322 g/mol. The van der Waals surface area contributed by atoms with Gasteiger partial charge >= 0.3 is 0 Å². The molecule has 0 fully saturated rings. The second-order valence-electron chi connectivity index (χ2n) is 6.15. The largest absolute Gasteiger partial charge is 0.503 e. The Morgan fingerprint density at radius 1 is 0.870 bits per heavy atom. The predicted molar refractivity (Wildman–Crippen MR) is 86.2 cm³/mol. The summed E-state index contributed by atoms with van der Waals surface area (Å²) in [7, 11) is 0. The molecule has 0 aliphatic heterocycles. The molecule has 6 N–H and O–H groups in total. The van der Waals surface area contributed by atoms with E-state index in [0.717, 1.165) is 0 Å². The van der Waals surface area contributed by atoms with Crippen LogP contribution in [0, 0.1) is 17.6 Å². The average molecular weight is 322 g/mol. The van der Waals surface area contributed by atoms with Crippen molar-refractivity contribution in [2.75, 3.05) is 11.5 Å². The van der Waals surface area contributed by atoms with E-state index >= 15 is 0 Å². The van der Waals surface area contributed by atoms with Gasteiger partial charge in [0.15, 0.2) is 23.1 Å². The summed E-state index contributed by atoms with van der Waals surface area (Å²) in [5.41, 5.74) is 11.2. The Labute approximate surface area is 133 Å². The number of benzene rings is 2. The maximum Gasteiger partial charge on any atom is 0.174 e. The van der Waals surface area contributed by atoms with Crippen LogP contribution in [0.3, 0.4) is 0 Å². The molecule has 0 spiro atoms. The molecule has 0 saturated heterocycles. The van der Waals surface area contributed by atoms with Crippen LogP contribution >= 0.6 is 0 Å². The van der Waals surface area contributed by atoms with E-state index in [1.807, 2.05) is 13.8 Å². The number of halogens is 2. The molecule has 124 valence electrons. The molecule has 0 heterocycles. The second kappa shape index (κ2) is 5.61. The third-order valence-electron chi connectivity index (χ3n) is 4.54. The summed E-state index contributed by atoms with van der Waals surface area (Å²) in [4.78, 5) is 0. The molecule has 2 aromatic rings. The SMILES string of the molecule is CC(C)C(C)(c1cc(N)c(O)c(F)c1)c1cc(N)c(O)c(F)c1. The number of rotatable bonds is 3. The van der Waals surface area contributed by atoms with Crippen molar-refractivity contribution >= 4 is 11.4 Å². The summed E-state index contributed by atoms with van der Waals surface area (Å²) in [6.45, 7) is 5.58. The van der Waals surface area contributed by atoms with Crippen molar-refractivity contribution < 1.29 is 19.0 Å². The van der Waals surface area contributed by atoms with Crippen molar-refractivity contribution in [3.05, 3.63) is 47.0 Å². The maximum absolute atomic E-state index is 13.9. The molecule has 0 aliphatic rings. The van der Waals surface area contributed by atoms with Crippen molar-refractivity contribution in [2.45, 2.75) is 26.2 Å². The lowest BCUT2D eigenvalue weighted by atomic mass is 9.68. The van der Waals surface area contributed by atoms with Gasteiger partial charge in [0, 0.05) is 5.41 Å². The summed E-state index contributed by atoms with van der Waals surface area (Å²) in [5, 5.41) is 19.0. The lowest BCUT2D eigenvalue weighted by molar-refractivity contribution is 0.392. The predicted octanol–water partition coefficient (Wildman–Crippen LogP) is 3.50. The van der Waals surface area contributed by atoms with Crippen LogP contribution in [0.25, 0.3) is 0 Å². The topological polar surface area (TPSA) is 92.5 Å². The summed E-state index contributed by atoms with van der Waals surface area (Å²) >= 11 is 0. The molecule has 0 aromatic heterocycles. The zero-order valence-corrected chi connectivity index (χ0v) is 13.2. The summed E-state index contributed by atoms with van der Waals surface area (Å²) in [6.07, 6.45) is 0. The van der Waals surface area contributed by atoms with Crippen molar-refractivity contribution in [3.8, 4) is 11.5 Å². The number of phenols is 2.